The van der Waals surface area contributed by atoms with E-state index in [1.54, 1.807) is 12.1 Å². The third-order valence-corrected chi connectivity index (χ3v) is 7.06. The molecule has 0 bridgehead atoms. The molecular formula is C26H32FN5O2S. The van der Waals surface area contributed by atoms with E-state index in [2.05, 4.69) is 46.8 Å². The summed E-state index contributed by atoms with van der Waals surface area (Å²) in [6, 6.07) is 12.4. The van der Waals surface area contributed by atoms with Crippen molar-refractivity contribution in [3.05, 3.63) is 65.2 Å². The number of thioether (sulfide) groups is 1. The van der Waals surface area contributed by atoms with Gasteiger partial charge in [0, 0.05) is 18.0 Å². The second-order valence-electron chi connectivity index (χ2n) is 8.50. The summed E-state index contributed by atoms with van der Waals surface area (Å²) in [6.07, 6.45) is 3.85. The number of carbonyl (C=O) groups is 1. The zero-order chi connectivity index (χ0) is 24.6. The van der Waals surface area contributed by atoms with Crippen LogP contribution < -0.4 is 10.6 Å². The van der Waals surface area contributed by atoms with Crippen LogP contribution in [-0.2, 0) is 35.5 Å². The Bertz CT molecular complexity index is 1110. The topological polar surface area (TPSA) is 81.1 Å². The van der Waals surface area contributed by atoms with E-state index in [-0.39, 0.29) is 23.6 Å². The number of hydrogen-bond acceptors (Lipinski definition) is 6. The number of nitrogens with zero attached hydrogens (tertiary/aromatic N) is 3. The van der Waals surface area contributed by atoms with E-state index in [9.17, 15) is 9.18 Å². The van der Waals surface area contributed by atoms with Crippen LogP contribution in [0.15, 0.2) is 47.6 Å². The fraction of sp³-hybridized carbons (Fsp3) is 0.423. The minimum atomic E-state index is -0.276. The van der Waals surface area contributed by atoms with Crippen molar-refractivity contribution in [2.45, 2.75) is 63.9 Å². The molecule has 0 radical (unpaired) electrons. The maximum Gasteiger partial charge on any atom is 0.234 e. The van der Waals surface area contributed by atoms with Gasteiger partial charge in [-0.05, 0) is 61.1 Å². The maximum atomic E-state index is 13.2. The first-order valence-corrected chi connectivity index (χ1v) is 13.1. The van der Waals surface area contributed by atoms with Crippen LogP contribution in [0.2, 0.25) is 0 Å². The van der Waals surface area contributed by atoms with Crippen molar-refractivity contribution in [3.63, 3.8) is 0 Å². The molecule has 1 amide bonds. The molecule has 0 aliphatic carbocycles. The minimum Gasteiger partial charge on any atom is -0.378 e. The number of benzene rings is 2. The van der Waals surface area contributed by atoms with Gasteiger partial charge in [0.2, 0.25) is 5.91 Å². The van der Waals surface area contributed by atoms with Crippen molar-refractivity contribution in [1.82, 2.24) is 14.8 Å². The highest BCUT2D eigenvalue weighted by Gasteiger charge is 2.22. The zero-order valence-electron chi connectivity index (χ0n) is 20.2. The molecule has 2 N–H and O–H groups in total. The maximum absolute atomic E-state index is 13.2. The van der Waals surface area contributed by atoms with Gasteiger partial charge in [-0.15, -0.1) is 10.2 Å². The second kappa shape index (κ2) is 12.2. The Balaban J connectivity index is 1.44. The van der Waals surface area contributed by atoms with Crippen LogP contribution in [0.25, 0.3) is 0 Å². The summed E-state index contributed by atoms with van der Waals surface area (Å²) in [4.78, 5) is 12.9. The number of nitrogens with one attached hydrogen (secondary N) is 2. The summed E-state index contributed by atoms with van der Waals surface area (Å²) in [5.74, 6) is 0.637. The molecule has 3 aromatic rings. The lowest BCUT2D eigenvalue weighted by molar-refractivity contribution is -0.113. The number of anilines is 2. The number of ether oxygens (including phenoxy) is 1. The molecule has 1 aliphatic rings. The summed E-state index contributed by atoms with van der Waals surface area (Å²) in [6.45, 7) is 6.01. The highest BCUT2D eigenvalue weighted by Crippen LogP contribution is 2.25. The molecular weight excluding hydrogens is 465 g/mol. The third-order valence-electron chi connectivity index (χ3n) is 6.09. The molecule has 1 aliphatic heterocycles. The molecule has 2 aromatic carbocycles. The van der Waals surface area contributed by atoms with Crippen molar-refractivity contribution >= 4 is 29.0 Å². The van der Waals surface area contributed by atoms with E-state index in [0.717, 1.165) is 60.6 Å². The van der Waals surface area contributed by atoms with Gasteiger partial charge in [0.25, 0.3) is 0 Å². The molecule has 7 nitrogen and oxygen atoms in total. The molecule has 35 heavy (non-hydrogen) atoms. The van der Waals surface area contributed by atoms with Gasteiger partial charge >= 0.3 is 0 Å². The van der Waals surface area contributed by atoms with Gasteiger partial charge in [0.05, 0.1) is 24.9 Å². The number of aryl methyl sites for hydroxylation is 2. The third kappa shape index (κ3) is 6.61. The van der Waals surface area contributed by atoms with Crippen molar-refractivity contribution in [2.75, 3.05) is 23.0 Å². The lowest BCUT2D eigenvalue weighted by Crippen LogP contribution is -2.20. The van der Waals surface area contributed by atoms with Crippen LogP contribution in [-0.4, -0.2) is 39.1 Å². The first-order valence-electron chi connectivity index (χ1n) is 12.1. The molecule has 9 heteroatoms. The van der Waals surface area contributed by atoms with Gasteiger partial charge in [0.15, 0.2) is 11.0 Å². The lowest BCUT2D eigenvalue weighted by Gasteiger charge is -2.16. The van der Waals surface area contributed by atoms with Crippen LogP contribution in [0.1, 0.15) is 43.6 Å². The molecule has 2 heterocycles. The number of aromatic nitrogens is 3. The van der Waals surface area contributed by atoms with E-state index in [1.165, 1.54) is 23.9 Å². The van der Waals surface area contributed by atoms with Crippen LogP contribution in [0.5, 0.6) is 0 Å². The standard InChI is InChI=1S/C26H32FN5O2S/c1-3-18-7-5-8-19(4-2)25(18)29-24(33)17-35-26-31-30-23(32(26)16-22-9-6-14-34-22)15-28-21-12-10-20(27)11-13-21/h5,7-8,10-13,22,28H,3-4,6,9,14-17H2,1-2H3,(H,29,33)/t22-/m0/s1. The minimum absolute atomic E-state index is 0.0664. The molecule has 1 aromatic heterocycles. The predicted octanol–water partition coefficient (Wildman–Crippen LogP) is 5.06. The number of para-hydroxylation sites is 1. The molecule has 1 fully saturated rings. The van der Waals surface area contributed by atoms with Crippen LogP contribution >= 0.6 is 11.8 Å². The molecule has 0 saturated carbocycles. The average Bonchev–Trinajstić information content (AvgIpc) is 3.53. The number of amides is 1. The average molecular weight is 498 g/mol. The Morgan fingerprint density at radius 2 is 1.89 bits per heavy atom. The van der Waals surface area contributed by atoms with E-state index < -0.39 is 0 Å². The number of halogens is 1. The monoisotopic (exact) mass is 497 g/mol. The molecule has 0 unspecified atom stereocenters. The Morgan fingerprint density at radius 3 is 2.54 bits per heavy atom. The summed E-state index contributed by atoms with van der Waals surface area (Å²) in [5.41, 5.74) is 4.00. The Kier molecular flexibility index (Phi) is 8.76. The highest BCUT2D eigenvalue weighted by molar-refractivity contribution is 7.99. The normalized spacial score (nSPS) is 15.3. The quantitative estimate of drug-likeness (QED) is 0.360. The lowest BCUT2D eigenvalue weighted by atomic mass is 10.0. The van der Waals surface area contributed by atoms with Crippen LogP contribution in [0, 0.1) is 5.82 Å². The largest absolute Gasteiger partial charge is 0.378 e. The van der Waals surface area contributed by atoms with E-state index in [1.807, 2.05) is 10.6 Å². The molecule has 1 atom stereocenters. The summed E-state index contributed by atoms with van der Waals surface area (Å²) in [7, 11) is 0. The summed E-state index contributed by atoms with van der Waals surface area (Å²) < 4.78 is 21.1. The Labute approximate surface area is 209 Å². The Morgan fingerprint density at radius 1 is 1.14 bits per heavy atom. The van der Waals surface area contributed by atoms with Crippen molar-refractivity contribution in [1.29, 1.82) is 0 Å². The van der Waals surface area contributed by atoms with Gasteiger partial charge < -0.3 is 19.9 Å². The van der Waals surface area contributed by atoms with Crippen LogP contribution in [0.3, 0.4) is 0 Å². The number of rotatable bonds is 11. The molecule has 186 valence electrons. The van der Waals surface area contributed by atoms with E-state index in [4.69, 9.17) is 4.74 Å². The summed E-state index contributed by atoms with van der Waals surface area (Å²) in [5, 5.41) is 15.8. The highest BCUT2D eigenvalue weighted by atomic mass is 32.2. The van der Waals surface area contributed by atoms with Crippen molar-refractivity contribution in [3.8, 4) is 0 Å². The van der Waals surface area contributed by atoms with Gasteiger partial charge in [-0.2, -0.15) is 0 Å². The van der Waals surface area contributed by atoms with Crippen molar-refractivity contribution in [2.24, 2.45) is 0 Å². The SMILES string of the molecule is CCc1cccc(CC)c1NC(=O)CSc1nnc(CNc2ccc(F)cc2)n1C[C@@H]1CCCO1. The van der Waals surface area contributed by atoms with Gasteiger partial charge in [0.1, 0.15) is 5.82 Å². The first-order chi connectivity index (χ1) is 17.1. The smallest absolute Gasteiger partial charge is 0.234 e. The van der Waals surface area contributed by atoms with Crippen molar-refractivity contribution < 1.29 is 13.9 Å². The number of carbonyl (C=O) groups excluding carboxylic acids is 1. The van der Waals surface area contributed by atoms with Crippen LogP contribution in [0.4, 0.5) is 15.8 Å². The fourth-order valence-corrected chi connectivity index (χ4v) is 4.96. The van der Waals surface area contributed by atoms with E-state index >= 15 is 0 Å². The van der Waals surface area contributed by atoms with E-state index in [0.29, 0.717) is 18.2 Å². The summed E-state index contributed by atoms with van der Waals surface area (Å²) >= 11 is 1.37. The molecule has 0 spiro atoms. The van der Waals surface area contributed by atoms with Gasteiger partial charge in [-0.1, -0.05) is 43.8 Å². The zero-order valence-corrected chi connectivity index (χ0v) is 21.0. The predicted molar refractivity (Wildman–Crippen MR) is 137 cm³/mol. The molecule has 4 rings (SSSR count). The number of hydrogen-bond donors (Lipinski definition) is 2. The Hall–Kier alpha value is -2.91. The second-order valence-corrected chi connectivity index (χ2v) is 9.44. The van der Waals surface area contributed by atoms with Gasteiger partial charge in [-0.3, -0.25) is 4.79 Å². The molecule has 1 saturated heterocycles. The van der Waals surface area contributed by atoms with Gasteiger partial charge in [-0.25, -0.2) is 4.39 Å². The first kappa shape index (κ1) is 25.2. The fourth-order valence-electron chi connectivity index (χ4n) is 4.19.